The highest BCUT2D eigenvalue weighted by molar-refractivity contribution is 6.75. The number of aryl methyl sites for hydroxylation is 1. The molecule has 0 N–H and O–H groups in total. The molecular formula is C10H14Si. The second-order valence-corrected chi connectivity index (χ2v) is 6.75. The quantitative estimate of drug-likeness (QED) is 0.553. The number of benzene rings is 1. The van der Waals surface area contributed by atoms with Gasteiger partial charge in [0.15, 0.2) is 0 Å². The maximum Gasteiger partial charge on any atom is 0.0708 e. The van der Waals surface area contributed by atoms with Crippen molar-refractivity contribution in [3.05, 3.63) is 29.8 Å². The third-order valence-corrected chi connectivity index (χ3v) is 6.19. The maximum absolute atomic E-state index is 2.34. The van der Waals surface area contributed by atoms with Crippen molar-refractivity contribution < 1.29 is 0 Å². The Hall–Kier alpha value is -0.563. The summed E-state index contributed by atoms with van der Waals surface area (Å²) in [6, 6.07) is 12.3. The lowest BCUT2D eigenvalue weighted by molar-refractivity contribution is 0.951. The molecule has 0 spiro atoms. The lowest BCUT2D eigenvalue weighted by Gasteiger charge is -2.23. The van der Waals surface area contributed by atoms with Crippen LogP contribution in [0.3, 0.4) is 0 Å². The summed E-state index contributed by atoms with van der Waals surface area (Å²) in [5, 5.41) is 1.68. The van der Waals surface area contributed by atoms with Crippen LogP contribution >= 0.6 is 0 Å². The van der Waals surface area contributed by atoms with E-state index in [1.165, 1.54) is 12.0 Å². The summed E-state index contributed by atoms with van der Waals surface area (Å²) >= 11 is 0. The molecule has 1 saturated heterocycles. The van der Waals surface area contributed by atoms with Gasteiger partial charge in [0, 0.05) is 0 Å². The SMILES string of the molecule is Cc1ccc([SiH]2CCC2)cc1. The minimum absolute atomic E-state index is 0.380. The summed E-state index contributed by atoms with van der Waals surface area (Å²) in [6.45, 7) is 2.16. The van der Waals surface area contributed by atoms with E-state index in [-0.39, 0.29) is 8.80 Å². The third kappa shape index (κ3) is 1.38. The van der Waals surface area contributed by atoms with Crippen LogP contribution in [0.25, 0.3) is 0 Å². The Morgan fingerprint density at radius 2 is 1.73 bits per heavy atom. The highest BCUT2D eigenvalue weighted by Crippen LogP contribution is 2.19. The van der Waals surface area contributed by atoms with Gasteiger partial charge in [0.25, 0.3) is 0 Å². The summed E-state index contributed by atoms with van der Waals surface area (Å²) in [5.41, 5.74) is 1.39. The van der Waals surface area contributed by atoms with Crippen molar-refractivity contribution in [2.45, 2.75) is 25.4 Å². The van der Waals surface area contributed by atoms with E-state index in [2.05, 4.69) is 31.2 Å². The van der Waals surface area contributed by atoms with Crippen LogP contribution in [0.5, 0.6) is 0 Å². The van der Waals surface area contributed by atoms with Crippen molar-refractivity contribution in [1.82, 2.24) is 0 Å². The fraction of sp³-hybridized carbons (Fsp3) is 0.400. The highest BCUT2D eigenvalue weighted by Gasteiger charge is 2.20. The van der Waals surface area contributed by atoms with Crippen LogP contribution in [0.2, 0.25) is 12.1 Å². The van der Waals surface area contributed by atoms with Gasteiger partial charge in [-0.2, -0.15) is 0 Å². The second kappa shape index (κ2) is 2.82. The molecule has 0 bridgehead atoms. The lowest BCUT2D eigenvalue weighted by Crippen LogP contribution is -2.35. The Morgan fingerprint density at radius 3 is 2.18 bits per heavy atom. The summed E-state index contributed by atoms with van der Waals surface area (Å²) in [6.07, 6.45) is 1.49. The first-order chi connectivity index (χ1) is 5.36. The van der Waals surface area contributed by atoms with Gasteiger partial charge in [-0.1, -0.05) is 53.5 Å². The van der Waals surface area contributed by atoms with Gasteiger partial charge in [-0.25, -0.2) is 0 Å². The normalized spacial score (nSPS) is 17.9. The molecule has 0 unspecified atom stereocenters. The molecule has 58 valence electrons. The molecular weight excluding hydrogens is 148 g/mol. The van der Waals surface area contributed by atoms with Gasteiger partial charge in [0.05, 0.1) is 8.80 Å². The van der Waals surface area contributed by atoms with E-state index in [9.17, 15) is 0 Å². The molecule has 1 heterocycles. The van der Waals surface area contributed by atoms with Crippen molar-refractivity contribution in [3.63, 3.8) is 0 Å². The Labute approximate surface area is 69.9 Å². The van der Waals surface area contributed by atoms with E-state index < -0.39 is 0 Å². The molecule has 1 aromatic rings. The smallest absolute Gasteiger partial charge is 0.0631 e. The van der Waals surface area contributed by atoms with Gasteiger partial charge in [-0.05, 0) is 6.92 Å². The van der Waals surface area contributed by atoms with Gasteiger partial charge >= 0.3 is 0 Å². The van der Waals surface area contributed by atoms with Gasteiger partial charge in [0.2, 0.25) is 0 Å². The zero-order chi connectivity index (χ0) is 7.68. The molecule has 2 rings (SSSR count). The fourth-order valence-electron chi connectivity index (χ4n) is 1.58. The number of rotatable bonds is 1. The summed E-state index contributed by atoms with van der Waals surface area (Å²) in [5.74, 6) is 0. The summed E-state index contributed by atoms with van der Waals surface area (Å²) in [4.78, 5) is 0. The Kier molecular flexibility index (Phi) is 1.82. The molecule has 11 heavy (non-hydrogen) atoms. The second-order valence-electron chi connectivity index (χ2n) is 3.54. The maximum atomic E-state index is 2.34. The van der Waals surface area contributed by atoms with Gasteiger partial charge in [-0.3, -0.25) is 0 Å². The standard InChI is InChI=1S/C10H14Si/c1-9-3-5-10(6-4-9)11-7-2-8-11/h3-6,11H,2,7-8H2,1H3. The van der Waals surface area contributed by atoms with Gasteiger partial charge < -0.3 is 0 Å². The predicted octanol–water partition coefficient (Wildman–Crippen LogP) is 1.83. The number of hydrogen-bond acceptors (Lipinski definition) is 0. The van der Waals surface area contributed by atoms with Crippen LogP contribution in [0.4, 0.5) is 0 Å². The first kappa shape index (κ1) is 7.11. The molecule has 0 aromatic heterocycles. The Bertz CT molecular complexity index is 234. The highest BCUT2D eigenvalue weighted by atomic mass is 28.3. The molecule has 1 aliphatic rings. The minimum atomic E-state index is -0.380. The molecule has 1 heteroatoms. The minimum Gasteiger partial charge on any atom is -0.0631 e. The Balaban J connectivity index is 2.18. The predicted molar refractivity (Wildman–Crippen MR) is 52.2 cm³/mol. The van der Waals surface area contributed by atoms with E-state index in [1.54, 1.807) is 17.3 Å². The van der Waals surface area contributed by atoms with E-state index in [1.807, 2.05) is 0 Å². The van der Waals surface area contributed by atoms with Crippen molar-refractivity contribution in [3.8, 4) is 0 Å². The zero-order valence-electron chi connectivity index (χ0n) is 7.01. The largest absolute Gasteiger partial charge is 0.0708 e. The van der Waals surface area contributed by atoms with Crippen LogP contribution < -0.4 is 5.19 Å². The van der Waals surface area contributed by atoms with Crippen LogP contribution in [-0.2, 0) is 0 Å². The summed E-state index contributed by atoms with van der Waals surface area (Å²) < 4.78 is 0. The molecule has 0 saturated carbocycles. The van der Waals surface area contributed by atoms with Crippen molar-refractivity contribution >= 4 is 14.0 Å². The van der Waals surface area contributed by atoms with Crippen LogP contribution in [0, 0.1) is 6.92 Å². The van der Waals surface area contributed by atoms with E-state index in [0.717, 1.165) is 0 Å². The molecule has 0 radical (unpaired) electrons. The Morgan fingerprint density at radius 1 is 1.09 bits per heavy atom. The van der Waals surface area contributed by atoms with Crippen molar-refractivity contribution in [2.75, 3.05) is 0 Å². The zero-order valence-corrected chi connectivity index (χ0v) is 8.16. The van der Waals surface area contributed by atoms with Gasteiger partial charge in [0.1, 0.15) is 0 Å². The van der Waals surface area contributed by atoms with Gasteiger partial charge in [-0.15, -0.1) is 0 Å². The molecule has 1 aliphatic heterocycles. The van der Waals surface area contributed by atoms with E-state index in [4.69, 9.17) is 0 Å². The van der Waals surface area contributed by atoms with Crippen molar-refractivity contribution in [1.29, 1.82) is 0 Å². The average molecular weight is 162 g/mol. The van der Waals surface area contributed by atoms with E-state index >= 15 is 0 Å². The molecule has 1 aromatic carbocycles. The van der Waals surface area contributed by atoms with Crippen molar-refractivity contribution in [2.24, 2.45) is 0 Å². The first-order valence-corrected chi connectivity index (χ1v) is 6.64. The first-order valence-electron chi connectivity index (χ1n) is 4.43. The monoisotopic (exact) mass is 162 g/mol. The van der Waals surface area contributed by atoms with Crippen LogP contribution in [0.15, 0.2) is 24.3 Å². The molecule has 0 nitrogen and oxygen atoms in total. The average Bonchev–Trinajstić information content (AvgIpc) is 1.90. The molecule has 0 aliphatic carbocycles. The van der Waals surface area contributed by atoms with Crippen LogP contribution in [-0.4, -0.2) is 8.80 Å². The molecule has 0 amide bonds. The lowest BCUT2D eigenvalue weighted by atomic mass is 10.2. The van der Waals surface area contributed by atoms with E-state index in [0.29, 0.717) is 0 Å². The molecule has 1 fully saturated rings. The number of hydrogen-bond donors (Lipinski definition) is 0. The van der Waals surface area contributed by atoms with Crippen LogP contribution in [0.1, 0.15) is 12.0 Å². The third-order valence-electron chi connectivity index (χ3n) is 2.65. The molecule has 0 atom stereocenters. The fourth-order valence-corrected chi connectivity index (χ4v) is 3.80. The topological polar surface area (TPSA) is 0 Å². The summed E-state index contributed by atoms with van der Waals surface area (Å²) in [7, 11) is -0.380.